The predicted octanol–water partition coefficient (Wildman–Crippen LogP) is 3.80. The van der Waals surface area contributed by atoms with Gasteiger partial charge in [0.2, 0.25) is 0 Å². The summed E-state index contributed by atoms with van der Waals surface area (Å²) < 4.78 is 4.88. The van der Waals surface area contributed by atoms with E-state index in [2.05, 4.69) is 0 Å². The Morgan fingerprint density at radius 2 is 2.06 bits per heavy atom. The molecule has 0 N–H and O–H groups in total. The van der Waals surface area contributed by atoms with Crippen molar-refractivity contribution >= 4 is 23.6 Å². The van der Waals surface area contributed by atoms with Crippen LogP contribution in [0.3, 0.4) is 0 Å². The van der Waals surface area contributed by atoms with Gasteiger partial charge in [-0.15, -0.1) is 0 Å². The lowest BCUT2D eigenvalue weighted by Gasteiger charge is -2.19. The van der Waals surface area contributed by atoms with Crippen LogP contribution in [0.15, 0.2) is 18.2 Å². The molecule has 0 amide bonds. The normalized spacial score (nSPS) is 14.6. The largest absolute Gasteiger partial charge is 0.463 e. The summed E-state index contributed by atoms with van der Waals surface area (Å²) in [5.74, 6) is -0.294. The van der Waals surface area contributed by atoms with E-state index in [0.29, 0.717) is 6.61 Å². The Labute approximate surface area is 113 Å². The highest BCUT2D eigenvalue weighted by atomic mass is 35.5. The van der Waals surface area contributed by atoms with Crippen LogP contribution in [0.5, 0.6) is 0 Å². The molecule has 0 aromatic heterocycles. The van der Waals surface area contributed by atoms with Gasteiger partial charge in [-0.2, -0.15) is 0 Å². The molecule has 0 bridgehead atoms. The van der Waals surface area contributed by atoms with Crippen LogP contribution in [0, 0.1) is 0 Å². The summed E-state index contributed by atoms with van der Waals surface area (Å²) >= 11 is 6.21. The van der Waals surface area contributed by atoms with Crippen molar-refractivity contribution in [3.63, 3.8) is 0 Å². The van der Waals surface area contributed by atoms with Crippen LogP contribution in [0.2, 0.25) is 5.02 Å². The maximum atomic E-state index is 11.3. The van der Waals surface area contributed by atoms with Gasteiger partial charge in [0, 0.05) is 11.1 Å². The van der Waals surface area contributed by atoms with E-state index in [1.54, 1.807) is 6.92 Å². The van der Waals surface area contributed by atoms with Gasteiger partial charge in [-0.3, -0.25) is 0 Å². The van der Waals surface area contributed by atoms with Crippen molar-refractivity contribution in [2.45, 2.75) is 32.6 Å². The van der Waals surface area contributed by atoms with Crippen LogP contribution in [-0.4, -0.2) is 12.6 Å². The Hall–Kier alpha value is -1.28. The number of rotatable bonds is 3. The van der Waals surface area contributed by atoms with E-state index in [1.807, 2.05) is 18.2 Å². The molecule has 0 spiro atoms. The number of hydrogen-bond donors (Lipinski definition) is 0. The molecular weight excluding hydrogens is 248 g/mol. The van der Waals surface area contributed by atoms with Gasteiger partial charge in [-0.05, 0) is 61.4 Å². The van der Waals surface area contributed by atoms with Gasteiger partial charge in [0.15, 0.2) is 0 Å². The zero-order valence-electron chi connectivity index (χ0n) is 10.5. The van der Waals surface area contributed by atoms with Gasteiger partial charge in [0.05, 0.1) is 6.61 Å². The number of ether oxygens (including phenoxy) is 1. The van der Waals surface area contributed by atoms with Crippen molar-refractivity contribution in [3.05, 3.63) is 39.9 Å². The highest BCUT2D eigenvalue weighted by Crippen LogP contribution is 2.31. The third kappa shape index (κ3) is 2.94. The molecule has 0 saturated carbocycles. The molecule has 0 aliphatic heterocycles. The van der Waals surface area contributed by atoms with Crippen LogP contribution in [0.25, 0.3) is 6.08 Å². The summed E-state index contributed by atoms with van der Waals surface area (Å²) in [5.41, 5.74) is 3.62. The standard InChI is InChI=1S/C15H17ClO2/c1-2-18-15(17)10-8-11-7-9-14(16)13-6-4-3-5-12(11)13/h7-10H,2-6H2,1H3/b10-8+. The second kappa shape index (κ2) is 6.05. The average molecular weight is 265 g/mol. The Bertz CT molecular complexity index is 478. The maximum absolute atomic E-state index is 11.3. The zero-order chi connectivity index (χ0) is 13.0. The van der Waals surface area contributed by atoms with Crippen LogP contribution in [0.1, 0.15) is 36.5 Å². The van der Waals surface area contributed by atoms with E-state index in [4.69, 9.17) is 16.3 Å². The lowest BCUT2D eigenvalue weighted by Crippen LogP contribution is -2.05. The van der Waals surface area contributed by atoms with Gasteiger partial charge in [-0.25, -0.2) is 4.79 Å². The minimum absolute atomic E-state index is 0.294. The van der Waals surface area contributed by atoms with Crippen molar-refractivity contribution in [3.8, 4) is 0 Å². The SMILES string of the molecule is CCOC(=O)/C=C/c1ccc(Cl)c2c1CCCC2. The molecule has 2 nitrogen and oxygen atoms in total. The second-order valence-corrected chi connectivity index (χ2v) is 4.79. The van der Waals surface area contributed by atoms with Crippen molar-refractivity contribution in [1.82, 2.24) is 0 Å². The lowest BCUT2D eigenvalue weighted by molar-refractivity contribution is -0.137. The fourth-order valence-corrected chi connectivity index (χ4v) is 2.63. The summed E-state index contributed by atoms with van der Waals surface area (Å²) in [4.78, 5) is 11.3. The predicted molar refractivity (Wildman–Crippen MR) is 73.8 cm³/mol. The molecule has 0 unspecified atom stereocenters. The Morgan fingerprint density at radius 3 is 2.78 bits per heavy atom. The summed E-state index contributed by atoms with van der Waals surface area (Å²) in [6.45, 7) is 2.21. The summed E-state index contributed by atoms with van der Waals surface area (Å²) in [5, 5.41) is 0.845. The fraction of sp³-hybridized carbons (Fsp3) is 0.400. The molecule has 2 rings (SSSR count). The van der Waals surface area contributed by atoms with Gasteiger partial charge < -0.3 is 4.74 Å². The van der Waals surface area contributed by atoms with Crippen molar-refractivity contribution < 1.29 is 9.53 Å². The number of halogens is 1. The van der Waals surface area contributed by atoms with Crippen molar-refractivity contribution in [2.75, 3.05) is 6.61 Å². The molecule has 0 saturated heterocycles. The summed E-state index contributed by atoms with van der Waals surface area (Å²) in [7, 11) is 0. The van der Waals surface area contributed by atoms with E-state index in [-0.39, 0.29) is 5.97 Å². The fourth-order valence-electron chi connectivity index (χ4n) is 2.36. The van der Waals surface area contributed by atoms with E-state index in [9.17, 15) is 4.79 Å². The molecule has 1 aliphatic rings. The van der Waals surface area contributed by atoms with Crippen LogP contribution < -0.4 is 0 Å². The monoisotopic (exact) mass is 264 g/mol. The first-order valence-electron chi connectivity index (χ1n) is 6.37. The molecular formula is C15H17ClO2. The van der Waals surface area contributed by atoms with Crippen LogP contribution in [-0.2, 0) is 22.4 Å². The molecule has 18 heavy (non-hydrogen) atoms. The Balaban J connectivity index is 2.26. The molecule has 0 fully saturated rings. The molecule has 1 aromatic rings. The first-order chi connectivity index (χ1) is 8.72. The molecule has 1 aromatic carbocycles. The maximum Gasteiger partial charge on any atom is 0.330 e. The Morgan fingerprint density at radius 1 is 1.33 bits per heavy atom. The smallest absolute Gasteiger partial charge is 0.330 e. The number of carbonyl (C=O) groups excluding carboxylic acids is 1. The van der Waals surface area contributed by atoms with Crippen molar-refractivity contribution in [1.29, 1.82) is 0 Å². The molecule has 3 heteroatoms. The first-order valence-corrected chi connectivity index (χ1v) is 6.75. The average Bonchev–Trinajstić information content (AvgIpc) is 2.39. The van der Waals surface area contributed by atoms with Gasteiger partial charge in [-0.1, -0.05) is 17.7 Å². The second-order valence-electron chi connectivity index (χ2n) is 4.39. The number of carbonyl (C=O) groups is 1. The minimum atomic E-state index is -0.294. The van der Waals surface area contributed by atoms with Gasteiger partial charge >= 0.3 is 5.97 Å². The third-order valence-corrected chi connectivity index (χ3v) is 3.55. The number of hydrogen-bond acceptors (Lipinski definition) is 2. The molecule has 1 aliphatic carbocycles. The molecule has 0 atom stereocenters. The quantitative estimate of drug-likeness (QED) is 0.613. The first kappa shape index (κ1) is 13.2. The lowest BCUT2D eigenvalue weighted by atomic mass is 9.88. The number of esters is 1. The van der Waals surface area contributed by atoms with Gasteiger partial charge in [0.1, 0.15) is 0 Å². The highest BCUT2D eigenvalue weighted by molar-refractivity contribution is 6.31. The summed E-state index contributed by atoms with van der Waals surface area (Å²) in [6, 6.07) is 3.89. The number of benzene rings is 1. The Kier molecular flexibility index (Phi) is 4.43. The van der Waals surface area contributed by atoms with Crippen LogP contribution in [0.4, 0.5) is 0 Å². The molecule has 96 valence electrons. The molecule has 0 radical (unpaired) electrons. The summed E-state index contributed by atoms with van der Waals surface area (Å²) in [6.07, 6.45) is 7.78. The van der Waals surface area contributed by atoms with Crippen LogP contribution >= 0.6 is 11.6 Å². The topological polar surface area (TPSA) is 26.3 Å². The zero-order valence-corrected chi connectivity index (χ0v) is 11.3. The van der Waals surface area contributed by atoms with E-state index < -0.39 is 0 Å². The molecule has 0 heterocycles. The van der Waals surface area contributed by atoms with E-state index in [0.717, 1.165) is 23.4 Å². The highest BCUT2D eigenvalue weighted by Gasteiger charge is 2.15. The van der Waals surface area contributed by atoms with Gasteiger partial charge in [0.25, 0.3) is 0 Å². The van der Waals surface area contributed by atoms with E-state index >= 15 is 0 Å². The minimum Gasteiger partial charge on any atom is -0.463 e. The third-order valence-electron chi connectivity index (χ3n) is 3.20. The van der Waals surface area contributed by atoms with Crippen molar-refractivity contribution in [2.24, 2.45) is 0 Å². The van der Waals surface area contributed by atoms with E-state index in [1.165, 1.54) is 30.0 Å². The number of fused-ring (bicyclic) bond motifs is 1.